The fourth-order valence-corrected chi connectivity index (χ4v) is 3.11. The summed E-state index contributed by atoms with van der Waals surface area (Å²) in [4.78, 5) is 3.57. The first kappa shape index (κ1) is 12.3. The number of anilines is 3. The van der Waals surface area contributed by atoms with Crippen LogP contribution in [0.4, 0.5) is 17.1 Å². The average molecular weight is 275 g/mol. The van der Waals surface area contributed by atoms with Crippen LogP contribution in [-0.4, -0.2) is 26.3 Å². The number of rotatable bonds is 2. The van der Waals surface area contributed by atoms with E-state index in [0.29, 0.717) is 11.4 Å². The van der Waals surface area contributed by atoms with Crippen LogP contribution < -0.4 is 16.4 Å². The van der Waals surface area contributed by atoms with Gasteiger partial charge in [-0.05, 0) is 23.8 Å². The second kappa shape index (κ2) is 5.11. The second-order valence-electron chi connectivity index (χ2n) is 4.61. The molecule has 4 N–H and O–H groups in total. The maximum absolute atomic E-state index is 5.86. The number of benzene rings is 1. The maximum atomic E-state index is 5.86. The molecule has 0 atom stereocenters. The highest BCUT2D eigenvalue weighted by Crippen LogP contribution is 2.34. The van der Waals surface area contributed by atoms with Gasteiger partial charge in [0.25, 0.3) is 0 Å². The molecule has 0 aliphatic carbocycles. The van der Waals surface area contributed by atoms with E-state index in [1.165, 1.54) is 10.6 Å². The van der Waals surface area contributed by atoms with Gasteiger partial charge >= 0.3 is 0 Å². The zero-order valence-electron chi connectivity index (χ0n) is 10.6. The molecule has 3 rings (SSSR count). The van der Waals surface area contributed by atoms with Crippen LogP contribution in [0, 0.1) is 0 Å². The van der Waals surface area contributed by atoms with Gasteiger partial charge in [0, 0.05) is 29.0 Å². The van der Waals surface area contributed by atoms with Crippen LogP contribution in [0.1, 0.15) is 0 Å². The largest absolute Gasteiger partial charge is 0.397 e. The van der Waals surface area contributed by atoms with Crippen molar-refractivity contribution < 1.29 is 4.74 Å². The Hall–Kier alpha value is -1.72. The molecule has 4 nitrogen and oxygen atoms in total. The van der Waals surface area contributed by atoms with Crippen molar-refractivity contribution in [2.24, 2.45) is 0 Å². The topological polar surface area (TPSA) is 64.5 Å². The van der Waals surface area contributed by atoms with Gasteiger partial charge in [0.1, 0.15) is 0 Å². The van der Waals surface area contributed by atoms with Crippen molar-refractivity contribution in [2.45, 2.75) is 0 Å². The molecule has 2 aromatic rings. The average Bonchev–Trinajstić information content (AvgIpc) is 2.93. The smallest absolute Gasteiger partial charge is 0.0642 e. The molecular formula is C14H17N3OS. The first-order valence-corrected chi connectivity index (χ1v) is 7.18. The fourth-order valence-electron chi connectivity index (χ4n) is 2.19. The first-order valence-electron chi connectivity index (χ1n) is 6.30. The third-order valence-corrected chi connectivity index (χ3v) is 4.30. The molecule has 0 bridgehead atoms. The van der Waals surface area contributed by atoms with Gasteiger partial charge in [-0.1, -0.05) is 6.07 Å². The van der Waals surface area contributed by atoms with Crippen LogP contribution >= 0.6 is 11.3 Å². The Bertz CT molecular complexity index is 576. The minimum absolute atomic E-state index is 0.633. The molecule has 100 valence electrons. The predicted octanol–water partition coefficient (Wildman–Crippen LogP) is 2.42. The molecule has 0 unspecified atom stereocenters. The second-order valence-corrected chi connectivity index (χ2v) is 5.52. The lowest BCUT2D eigenvalue weighted by Crippen LogP contribution is -2.35. The summed E-state index contributed by atoms with van der Waals surface area (Å²) < 4.78 is 5.37. The van der Waals surface area contributed by atoms with Gasteiger partial charge in [0.15, 0.2) is 0 Å². The van der Waals surface area contributed by atoms with E-state index in [4.69, 9.17) is 16.2 Å². The van der Waals surface area contributed by atoms with E-state index in [-0.39, 0.29) is 0 Å². The molecule has 1 aliphatic heterocycles. The Morgan fingerprint density at radius 1 is 1.05 bits per heavy atom. The van der Waals surface area contributed by atoms with Crippen LogP contribution in [0.3, 0.4) is 0 Å². The Labute approximate surface area is 116 Å². The van der Waals surface area contributed by atoms with Crippen LogP contribution in [0.25, 0.3) is 10.4 Å². The first-order chi connectivity index (χ1) is 9.24. The third-order valence-electron chi connectivity index (χ3n) is 3.33. The SMILES string of the molecule is Nc1ccc(-c2cc(N3CCOCC3)cs2)cc1N. The molecule has 2 heterocycles. The summed E-state index contributed by atoms with van der Waals surface area (Å²) in [5.41, 5.74) is 15.3. The molecule has 0 spiro atoms. The van der Waals surface area contributed by atoms with Gasteiger partial charge in [-0.2, -0.15) is 0 Å². The van der Waals surface area contributed by atoms with Crippen molar-refractivity contribution in [3.8, 4) is 10.4 Å². The third kappa shape index (κ3) is 2.52. The summed E-state index contributed by atoms with van der Waals surface area (Å²) in [6.45, 7) is 3.53. The van der Waals surface area contributed by atoms with Gasteiger partial charge in [0.2, 0.25) is 0 Å². The molecule has 1 fully saturated rings. The number of nitrogens with two attached hydrogens (primary N) is 2. The summed E-state index contributed by atoms with van der Waals surface area (Å²) in [5.74, 6) is 0. The van der Waals surface area contributed by atoms with E-state index in [2.05, 4.69) is 16.3 Å². The van der Waals surface area contributed by atoms with E-state index in [1.54, 1.807) is 11.3 Å². The number of hydrogen-bond donors (Lipinski definition) is 2. The molecule has 5 heteroatoms. The molecule has 1 aromatic heterocycles. The maximum Gasteiger partial charge on any atom is 0.0642 e. The summed E-state index contributed by atoms with van der Waals surface area (Å²) >= 11 is 1.73. The lowest BCUT2D eigenvalue weighted by atomic mass is 10.1. The zero-order valence-corrected chi connectivity index (χ0v) is 11.5. The minimum Gasteiger partial charge on any atom is -0.397 e. The summed E-state index contributed by atoms with van der Waals surface area (Å²) in [7, 11) is 0. The quantitative estimate of drug-likeness (QED) is 0.826. The number of thiophene rings is 1. The lowest BCUT2D eigenvalue weighted by Gasteiger charge is -2.27. The Kier molecular flexibility index (Phi) is 3.31. The van der Waals surface area contributed by atoms with Crippen molar-refractivity contribution in [3.05, 3.63) is 29.6 Å². The lowest BCUT2D eigenvalue weighted by molar-refractivity contribution is 0.123. The number of hydrogen-bond acceptors (Lipinski definition) is 5. The van der Waals surface area contributed by atoms with Gasteiger partial charge in [-0.25, -0.2) is 0 Å². The minimum atomic E-state index is 0.633. The van der Waals surface area contributed by atoms with Crippen molar-refractivity contribution in [3.63, 3.8) is 0 Å². The molecule has 19 heavy (non-hydrogen) atoms. The van der Waals surface area contributed by atoms with Gasteiger partial charge in [-0.15, -0.1) is 11.3 Å². The monoisotopic (exact) mass is 275 g/mol. The zero-order chi connectivity index (χ0) is 13.2. The fraction of sp³-hybridized carbons (Fsp3) is 0.286. The Morgan fingerprint density at radius 2 is 1.84 bits per heavy atom. The highest BCUT2D eigenvalue weighted by Gasteiger charge is 2.13. The summed E-state index contributed by atoms with van der Waals surface area (Å²) in [6.07, 6.45) is 0. The van der Waals surface area contributed by atoms with Crippen molar-refractivity contribution in [1.82, 2.24) is 0 Å². The van der Waals surface area contributed by atoms with Crippen LogP contribution in [0.5, 0.6) is 0 Å². The van der Waals surface area contributed by atoms with Crippen molar-refractivity contribution >= 4 is 28.4 Å². The highest BCUT2D eigenvalue weighted by atomic mass is 32.1. The van der Waals surface area contributed by atoms with Crippen LogP contribution in [0.2, 0.25) is 0 Å². The van der Waals surface area contributed by atoms with Gasteiger partial charge < -0.3 is 21.1 Å². The van der Waals surface area contributed by atoms with E-state index in [0.717, 1.165) is 31.9 Å². The van der Waals surface area contributed by atoms with Crippen LogP contribution in [0.15, 0.2) is 29.6 Å². The standard InChI is InChI=1S/C14H17N3OS/c15-12-2-1-10(7-13(12)16)14-8-11(9-19-14)17-3-5-18-6-4-17/h1-2,7-9H,3-6,15-16H2. The van der Waals surface area contributed by atoms with E-state index >= 15 is 0 Å². The van der Waals surface area contributed by atoms with E-state index in [9.17, 15) is 0 Å². The van der Waals surface area contributed by atoms with Gasteiger partial charge in [-0.3, -0.25) is 0 Å². The van der Waals surface area contributed by atoms with Crippen LogP contribution in [-0.2, 0) is 4.74 Å². The molecule has 1 saturated heterocycles. The Balaban J connectivity index is 1.85. The number of nitrogens with zero attached hydrogens (tertiary/aromatic N) is 1. The number of morpholine rings is 1. The molecule has 1 aromatic carbocycles. The Morgan fingerprint density at radius 3 is 2.58 bits per heavy atom. The van der Waals surface area contributed by atoms with Crippen molar-refractivity contribution in [1.29, 1.82) is 0 Å². The predicted molar refractivity (Wildman–Crippen MR) is 81.6 cm³/mol. The van der Waals surface area contributed by atoms with E-state index in [1.807, 2.05) is 18.2 Å². The molecular weight excluding hydrogens is 258 g/mol. The van der Waals surface area contributed by atoms with Gasteiger partial charge in [0.05, 0.1) is 24.6 Å². The normalized spacial score (nSPS) is 15.7. The molecule has 0 saturated carbocycles. The summed E-state index contributed by atoms with van der Waals surface area (Å²) in [5, 5.41) is 2.19. The molecule has 1 aliphatic rings. The molecule has 0 radical (unpaired) electrons. The number of nitrogen functional groups attached to an aromatic ring is 2. The van der Waals surface area contributed by atoms with Crippen molar-refractivity contribution in [2.75, 3.05) is 42.7 Å². The molecule has 0 amide bonds. The number of ether oxygens (including phenoxy) is 1. The van der Waals surface area contributed by atoms with E-state index < -0.39 is 0 Å². The summed E-state index contributed by atoms with van der Waals surface area (Å²) in [6, 6.07) is 8.02. The highest BCUT2D eigenvalue weighted by molar-refractivity contribution is 7.14.